The predicted octanol–water partition coefficient (Wildman–Crippen LogP) is 2.55. The number of aliphatic hydroxyl groups is 1. The van der Waals surface area contributed by atoms with E-state index in [1.165, 1.54) is 0 Å². The van der Waals surface area contributed by atoms with Crippen molar-refractivity contribution in [3.8, 4) is 0 Å². The van der Waals surface area contributed by atoms with E-state index >= 15 is 0 Å². The van der Waals surface area contributed by atoms with Crippen LogP contribution in [-0.2, 0) is 17.7 Å². The Kier molecular flexibility index (Phi) is 13.2. The first-order valence-electron chi connectivity index (χ1n) is 10.7. The van der Waals surface area contributed by atoms with Crippen molar-refractivity contribution in [1.29, 1.82) is 0 Å². The molecule has 1 aliphatic rings. The number of rotatable bonds is 12. The minimum absolute atomic E-state index is 0. The summed E-state index contributed by atoms with van der Waals surface area (Å²) in [6, 6.07) is 0. The molecule has 1 atom stereocenters. The molecule has 0 saturated carbocycles. The number of hydrogen-bond acceptors (Lipinski definition) is 6. The van der Waals surface area contributed by atoms with Crippen LogP contribution in [0.2, 0.25) is 0 Å². The number of nitrogens with one attached hydrogen (secondary N) is 2. The minimum Gasteiger partial charge on any atom is -0.396 e. The highest BCUT2D eigenvalue weighted by molar-refractivity contribution is 14.0. The van der Waals surface area contributed by atoms with Crippen LogP contribution in [0, 0.1) is 11.3 Å². The van der Waals surface area contributed by atoms with E-state index in [4.69, 9.17) is 9.73 Å². The first kappa shape index (κ1) is 27.4. The molecule has 0 bridgehead atoms. The number of aromatic nitrogens is 3. The zero-order valence-corrected chi connectivity index (χ0v) is 22.0. The van der Waals surface area contributed by atoms with Gasteiger partial charge in [0.15, 0.2) is 11.1 Å². The number of aliphatic imine (C=N–C) groups is 1. The number of guanidine groups is 1. The Hall–Kier alpha value is -0.590. The molecule has 1 aromatic rings. The molecular formula is C20H39IN6O2S. The third-order valence-electron chi connectivity index (χ3n) is 5.14. The molecule has 174 valence electrons. The summed E-state index contributed by atoms with van der Waals surface area (Å²) < 4.78 is 7.81. The number of aliphatic hydroxyl groups excluding tert-OH is 1. The minimum atomic E-state index is -0.0292. The summed E-state index contributed by atoms with van der Waals surface area (Å²) in [5, 5.41) is 25.8. The van der Waals surface area contributed by atoms with Crippen LogP contribution in [0.4, 0.5) is 0 Å². The van der Waals surface area contributed by atoms with Gasteiger partial charge in [0, 0.05) is 44.7 Å². The average molecular weight is 555 g/mol. The van der Waals surface area contributed by atoms with Crippen LogP contribution in [-0.4, -0.2) is 71.5 Å². The van der Waals surface area contributed by atoms with Gasteiger partial charge in [0.2, 0.25) is 0 Å². The maximum atomic E-state index is 9.39. The fourth-order valence-corrected chi connectivity index (χ4v) is 4.06. The van der Waals surface area contributed by atoms with Crippen LogP contribution in [0.1, 0.15) is 45.9 Å². The van der Waals surface area contributed by atoms with Gasteiger partial charge in [0.25, 0.3) is 0 Å². The predicted molar refractivity (Wildman–Crippen MR) is 134 cm³/mol. The molecule has 2 rings (SSSR count). The molecule has 1 unspecified atom stereocenters. The van der Waals surface area contributed by atoms with Gasteiger partial charge < -0.3 is 25.0 Å². The molecule has 8 nitrogen and oxygen atoms in total. The van der Waals surface area contributed by atoms with E-state index in [2.05, 4.69) is 46.2 Å². The van der Waals surface area contributed by atoms with Crippen molar-refractivity contribution in [1.82, 2.24) is 25.4 Å². The molecular weight excluding hydrogens is 515 g/mol. The average Bonchev–Trinajstić information content (AvgIpc) is 3.30. The summed E-state index contributed by atoms with van der Waals surface area (Å²) in [5.74, 6) is 2.44. The van der Waals surface area contributed by atoms with E-state index in [0.717, 1.165) is 68.9 Å². The van der Waals surface area contributed by atoms with Gasteiger partial charge in [-0.25, -0.2) is 0 Å². The first-order chi connectivity index (χ1) is 14.0. The van der Waals surface area contributed by atoms with E-state index in [1.54, 1.807) is 11.8 Å². The SMILES string of the molecule is CCNC(=NCC1(CCO)CCOC1)NCCCc1nnc(SC)n1CC(C)C.I. The molecule has 0 aromatic carbocycles. The van der Waals surface area contributed by atoms with Crippen LogP contribution in [0.15, 0.2) is 10.1 Å². The molecule has 0 radical (unpaired) electrons. The van der Waals surface area contributed by atoms with Gasteiger partial charge in [-0.15, -0.1) is 34.2 Å². The van der Waals surface area contributed by atoms with Crippen molar-refractivity contribution in [3.05, 3.63) is 5.82 Å². The van der Waals surface area contributed by atoms with E-state index in [0.29, 0.717) is 19.1 Å². The highest BCUT2D eigenvalue weighted by Crippen LogP contribution is 2.32. The van der Waals surface area contributed by atoms with Crippen LogP contribution in [0.5, 0.6) is 0 Å². The maximum Gasteiger partial charge on any atom is 0.191 e. The third-order valence-corrected chi connectivity index (χ3v) is 5.80. The number of nitrogens with zero attached hydrogens (tertiary/aromatic N) is 4. The Bertz CT molecular complexity index is 635. The Balaban J connectivity index is 0.00000450. The molecule has 10 heteroatoms. The lowest BCUT2D eigenvalue weighted by molar-refractivity contribution is 0.131. The number of thioether (sulfide) groups is 1. The molecule has 0 amide bonds. The van der Waals surface area contributed by atoms with Gasteiger partial charge in [0.05, 0.1) is 13.2 Å². The van der Waals surface area contributed by atoms with Gasteiger partial charge in [-0.2, -0.15) is 0 Å². The lowest BCUT2D eigenvalue weighted by atomic mass is 9.84. The monoisotopic (exact) mass is 554 g/mol. The summed E-state index contributed by atoms with van der Waals surface area (Å²) in [7, 11) is 0. The topological polar surface area (TPSA) is 96.6 Å². The van der Waals surface area contributed by atoms with Crippen molar-refractivity contribution >= 4 is 41.7 Å². The molecule has 3 N–H and O–H groups in total. The highest BCUT2D eigenvalue weighted by Gasteiger charge is 2.34. The van der Waals surface area contributed by atoms with Crippen molar-refractivity contribution < 1.29 is 9.84 Å². The lowest BCUT2D eigenvalue weighted by Gasteiger charge is -2.24. The molecule has 0 aliphatic carbocycles. The number of halogens is 1. The van der Waals surface area contributed by atoms with Crippen molar-refractivity contribution in [2.45, 2.75) is 58.2 Å². The number of aryl methyl sites for hydroxylation is 1. The Morgan fingerprint density at radius 2 is 2.17 bits per heavy atom. The zero-order chi connectivity index (χ0) is 21.1. The van der Waals surface area contributed by atoms with Crippen molar-refractivity contribution in [3.63, 3.8) is 0 Å². The maximum absolute atomic E-state index is 9.39. The summed E-state index contributed by atoms with van der Waals surface area (Å²) in [6.07, 6.45) is 5.58. The molecule has 1 saturated heterocycles. The normalized spacial score (nSPS) is 19.2. The number of hydrogen-bond donors (Lipinski definition) is 3. The Morgan fingerprint density at radius 3 is 2.77 bits per heavy atom. The first-order valence-corrected chi connectivity index (χ1v) is 11.9. The molecule has 2 heterocycles. The summed E-state index contributed by atoms with van der Waals surface area (Å²) in [6.45, 7) is 11.4. The van der Waals surface area contributed by atoms with Gasteiger partial charge in [-0.05, 0) is 38.4 Å². The lowest BCUT2D eigenvalue weighted by Crippen LogP contribution is -2.39. The van der Waals surface area contributed by atoms with Gasteiger partial charge >= 0.3 is 0 Å². The van der Waals surface area contributed by atoms with E-state index < -0.39 is 0 Å². The van der Waals surface area contributed by atoms with E-state index in [-0.39, 0.29) is 36.0 Å². The van der Waals surface area contributed by atoms with Crippen molar-refractivity contribution in [2.24, 2.45) is 16.3 Å². The van der Waals surface area contributed by atoms with Crippen molar-refractivity contribution in [2.75, 3.05) is 45.7 Å². The summed E-state index contributed by atoms with van der Waals surface area (Å²) >= 11 is 1.65. The Labute approximate surface area is 202 Å². The Morgan fingerprint density at radius 1 is 1.37 bits per heavy atom. The molecule has 1 aliphatic heterocycles. The summed E-state index contributed by atoms with van der Waals surface area (Å²) in [5.41, 5.74) is -0.0292. The second-order valence-electron chi connectivity index (χ2n) is 8.11. The van der Waals surface area contributed by atoms with Crippen LogP contribution in [0.25, 0.3) is 0 Å². The second kappa shape index (κ2) is 14.5. The third kappa shape index (κ3) is 8.51. The second-order valence-corrected chi connectivity index (χ2v) is 8.88. The van der Waals surface area contributed by atoms with Gasteiger partial charge in [-0.3, -0.25) is 4.99 Å². The molecule has 30 heavy (non-hydrogen) atoms. The van der Waals surface area contributed by atoms with Crippen LogP contribution >= 0.6 is 35.7 Å². The smallest absolute Gasteiger partial charge is 0.191 e. The van der Waals surface area contributed by atoms with E-state index in [1.807, 2.05) is 6.26 Å². The van der Waals surface area contributed by atoms with Gasteiger partial charge in [0.1, 0.15) is 5.82 Å². The zero-order valence-electron chi connectivity index (χ0n) is 18.8. The molecule has 1 fully saturated rings. The van der Waals surface area contributed by atoms with E-state index in [9.17, 15) is 5.11 Å². The fourth-order valence-electron chi connectivity index (χ4n) is 3.53. The standard InChI is InChI=1S/C20H38N6O2S.HI/c1-5-21-18(23-14-20(8-11-27)9-12-28-15-20)22-10-6-7-17-24-25-19(29-4)26(17)13-16(2)3;/h16,27H,5-15H2,1-4H3,(H2,21,22,23);1H. The summed E-state index contributed by atoms with van der Waals surface area (Å²) in [4.78, 5) is 4.77. The molecule has 1 aromatic heterocycles. The molecule has 0 spiro atoms. The van der Waals surface area contributed by atoms with Crippen LogP contribution in [0.3, 0.4) is 0 Å². The van der Waals surface area contributed by atoms with Gasteiger partial charge in [-0.1, -0.05) is 25.6 Å². The quantitative estimate of drug-likeness (QED) is 0.120. The van der Waals surface area contributed by atoms with Crippen LogP contribution < -0.4 is 10.6 Å². The highest BCUT2D eigenvalue weighted by atomic mass is 127. The fraction of sp³-hybridized carbons (Fsp3) is 0.850. The largest absolute Gasteiger partial charge is 0.396 e. The number of ether oxygens (including phenoxy) is 1.